The maximum absolute atomic E-state index is 13.5. The summed E-state index contributed by atoms with van der Waals surface area (Å²) >= 11 is 0. The Morgan fingerprint density at radius 3 is 2.33 bits per heavy atom. The van der Waals surface area contributed by atoms with Crippen molar-refractivity contribution < 1.29 is 14.0 Å². The second-order valence-electron chi connectivity index (χ2n) is 6.79. The number of amides is 2. The van der Waals surface area contributed by atoms with Crippen LogP contribution < -0.4 is 10.6 Å². The third-order valence-corrected chi connectivity index (χ3v) is 3.37. The summed E-state index contributed by atoms with van der Waals surface area (Å²) in [7, 11) is 0. The van der Waals surface area contributed by atoms with E-state index in [1.165, 1.54) is 6.07 Å². The number of hydrogen-bond acceptors (Lipinski definition) is 3. The third-order valence-electron chi connectivity index (χ3n) is 3.37. The van der Waals surface area contributed by atoms with Gasteiger partial charge in [0.25, 0.3) is 0 Å². The molecule has 6 heteroatoms. The van der Waals surface area contributed by atoms with Gasteiger partial charge >= 0.3 is 0 Å². The molecule has 0 radical (unpaired) electrons. The molecule has 0 saturated heterocycles. The first-order valence-electron chi connectivity index (χ1n) is 8.24. The van der Waals surface area contributed by atoms with Crippen molar-refractivity contribution in [2.45, 2.75) is 39.7 Å². The first-order chi connectivity index (χ1) is 11.2. The highest BCUT2D eigenvalue weighted by Crippen LogP contribution is 2.06. The fraction of sp³-hybridized carbons (Fsp3) is 0.556. The summed E-state index contributed by atoms with van der Waals surface area (Å²) in [5.41, 5.74) is 0.285. The van der Waals surface area contributed by atoms with Gasteiger partial charge in [-0.15, -0.1) is 0 Å². The van der Waals surface area contributed by atoms with Crippen LogP contribution in [0, 0.1) is 5.82 Å². The van der Waals surface area contributed by atoms with Crippen molar-refractivity contribution in [2.24, 2.45) is 0 Å². The van der Waals surface area contributed by atoms with Crippen molar-refractivity contribution in [2.75, 3.05) is 26.2 Å². The Morgan fingerprint density at radius 1 is 1.12 bits per heavy atom. The number of hydrogen-bond donors (Lipinski definition) is 2. The summed E-state index contributed by atoms with van der Waals surface area (Å²) in [6.07, 6.45) is 0.440. The van der Waals surface area contributed by atoms with Gasteiger partial charge in [-0.1, -0.05) is 25.1 Å². The maximum atomic E-state index is 13.5. The highest BCUT2D eigenvalue weighted by molar-refractivity contribution is 5.81. The van der Waals surface area contributed by atoms with E-state index in [4.69, 9.17) is 0 Å². The minimum atomic E-state index is -0.293. The van der Waals surface area contributed by atoms with Crippen molar-refractivity contribution in [1.82, 2.24) is 15.5 Å². The number of rotatable bonds is 8. The second-order valence-corrected chi connectivity index (χ2v) is 6.79. The van der Waals surface area contributed by atoms with E-state index in [0.29, 0.717) is 25.1 Å². The summed E-state index contributed by atoms with van der Waals surface area (Å²) in [5.74, 6) is -0.541. The molecule has 134 valence electrons. The largest absolute Gasteiger partial charge is 0.355 e. The summed E-state index contributed by atoms with van der Waals surface area (Å²) in [6, 6.07) is 6.52. The molecule has 0 saturated carbocycles. The van der Waals surface area contributed by atoms with Crippen LogP contribution in [0.3, 0.4) is 0 Å². The molecule has 2 N–H and O–H groups in total. The smallest absolute Gasteiger partial charge is 0.234 e. The van der Waals surface area contributed by atoms with Gasteiger partial charge in [-0.2, -0.15) is 0 Å². The number of nitrogens with one attached hydrogen (secondary N) is 2. The Labute approximate surface area is 143 Å². The van der Waals surface area contributed by atoms with Crippen molar-refractivity contribution in [3.8, 4) is 0 Å². The molecule has 0 aliphatic rings. The van der Waals surface area contributed by atoms with Crippen LogP contribution in [0.25, 0.3) is 0 Å². The van der Waals surface area contributed by atoms with Gasteiger partial charge < -0.3 is 10.6 Å². The normalized spacial score (nSPS) is 11.4. The van der Waals surface area contributed by atoms with Crippen LogP contribution in [0.5, 0.6) is 0 Å². The number of likely N-dealkylation sites (N-methyl/N-ethyl adjacent to an activating group) is 1. The number of carbonyl (C=O) groups is 2. The van der Waals surface area contributed by atoms with Gasteiger partial charge in [-0.25, -0.2) is 4.39 Å². The topological polar surface area (TPSA) is 61.4 Å². The lowest BCUT2D eigenvalue weighted by molar-refractivity contribution is -0.125. The molecule has 0 atom stereocenters. The third kappa shape index (κ3) is 8.06. The Kier molecular flexibility index (Phi) is 7.85. The number of halogens is 1. The molecule has 2 amide bonds. The van der Waals surface area contributed by atoms with E-state index < -0.39 is 0 Å². The molecular formula is C18H28FN3O2. The highest BCUT2D eigenvalue weighted by Gasteiger charge is 2.17. The molecule has 5 nitrogen and oxygen atoms in total. The molecule has 0 unspecified atom stereocenters. The minimum Gasteiger partial charge on any atom is -0.355 e. The van der Waals surface area contributed by atoms with E-state index in [-0.39, 0.29) is 36.3 Å². The zero-order valence-corrected chi connectivity index (χ0v) is 15.0. The fourth-order valence-electron chi connectivity index (χ4n) is 2.24. The average Bonchev–Trinajstić information content (AvgIpc) is 2.46. The highest BCUT2D eigenvalue weighted by atomic mass is 19.1. The molecule has 0 aliphatic carbocycles. The van der Waals surface area contributed by atoms with Crippen LogP contribution in [0.2, 0.25) is 0 Å². The standard InChI is InChI=1S/C18H28FN3O2/c1-5-22(13-17(24)21-18(2,3)4)12-16(23)20-11-10-14-8-6-7-9-15(14)19/h6-9H,5,10-13H2,1-4H3,(H,20,23)(H,21,24). The summed E-state index contributed by atoms with van der Waals surface area (Å²) in [6.45, 7) is 8.92. The number of nitrogens with zero attached hydrogens (tertiary/aromatic N) is 1. The van der Waals surface area contributed by atoms with Crippen LogP contribution in [0.15, 0.2) is 24.3 Å². The zero-order valence-electron chi connectivity index (χ0n) is 15.0. The Morgan fingerprint density at radius 2 is 1.75 bits per heavy atom. The molecule has 1 aromatic carbocycles. The molecule has 0 heterocycles. The molecule has 0 bridgehead atoms. The minimum absolute atomic E-state index is 0.108. The number of benzene rings is 1. The van der Waals surface area contributed by atoms with Crippen LogP contribution in [-0.4, -0.2) is 48.4 Å². The van der Waals surface area contributed by atoms with Crippen LogP contribution >= 0.6 is 0 Å². The lowest BCUT2D eigenvalue weighted by Crippen LogP contribution is -2.48. The van der Waals surface area contributed by atoms with Gasteiger partial charge in [0.05, 0.1) is 13.1 Å². The monoisotopic (exact) mass is 337 g/mol. The van der Waals surface area contributed by atoms with Crippen molar-refractivity contribution in [1.29, 1.82) is 0 Å². The zero-order chi connectivity index (χ0) is 18.2. The van der Waals surface area contributed by atoms with Crippen LogP contribution in [0.1, 0.15) is 33.3 Å². The predicted octanol–water partition coefficient (Wildman–Crippen LogP) is 1.72. The van der Waals surface area contributed by atoms with Gasteiger partial charge in [-0.3, -0.25) is 14.5 Å². The van der Waals surface area contributed by atoms with Crippen molar-refractivity contribution >= 4 is 11.8 Å². The van der Waals surface area contributed by atoms with Crippen molar-refractivity contribution in [3.63, 3.8) is 0 Å². The van der Waals surface area contributed by atoms with Gasteiger partial charge in [0.1, 0.15) is 5.82 Å². The predicted molar refractivity (Wildman–Crippen MR) is 93.1 cm³/mol. The van der Waals surface area contributed by atoms with Crippen molar-refractivity contribution in [3.05, 3.63) is 35.6 Å². The first-order valence-corrected chi connectivity index (χ1v) is 8.24. The Balaban J connectivity index is 2.36. The van der Waals surface area contributed by atoms with Crippen LogP contribution in [-0.2, 0) is 16.0 Å². The average molecular weight is 337 g/mol. The summed E-state index contributed by atoms with van der Waals surface area (Å²) < 4.78 is 13.5. The number of carbonyl (C=O) groups excluding carboxylic acids is 2. The van der Waals surface area contributed by atoms with Crippen LogP contribution in [0.4, 0.5) is 4.39 Å². The van der Waals surface area contributed by atoms with E-state index >= 15 is 0 Å². The lowest BCUT2D eigenvalue weighted by Gasteiger charge is -2.24. The molecule has 0 spiro atoms. The lowest BCUT2D eigenvalue weighted by atomic mass is 10.1. The van der Waals surface area contributed by atoms with E-state index in [0.717, 1.165) is 0 Å². The maximum Gasteiger partial charge on any atom is 0.234 e. The molecule has 0 aromatic heterocycles. The SMILES string of the molecule is CCN(CC(=O)NCCc1ccccc1F)CC(=O)NC(C)(C)C. The molecular weight excluding hydrogens is 309 g/mol. The van der Waals surface area contributed by atoms with E-state index in [1.807, 2.05) is 27.7 Å². The van der Waals surface area contributed by atoms with Gasteiger partial charge in [-0.05, 0) is 45.4 Å². The molecule has 1 rings (SSSR count). The molecule has 1 aromatic rings. The van der Waals surface area contributed by atoms with Gasteiger partial charge in [0.15, 0.2) is 0 Å². The van der Waals surface area contributed by atoms with Gasteiger partial charge in [0, 0.05) is 12.1 Å². The fourth-order valence-corrected chi connectivity index (χ4v) is 2.24. The Bertz CT molecular complexity index is 555. The first kappa shape index (κ1) is 20.1. The van der Waals surface area contributed by atoms with Gasteiger partial charge in [0.2, 0.25) is 11.8 Å². The molecule has 0 fully saturated rings. The molecule has 24 heavy (non-hydrogen) atoms. The van der Waals surface area contributed by atoms with E-state index in [1.54, 1.807) is 23.1 Å². The summed E-state index contributed by atoms with van der Waals surface area (Å²) in [5, 5.41) is 5.64. The molecule has 0 aliphatic heterocycles. The quantitative estimate of drug-likeness (QED) is 0.759. The van der Waals surface area contributed by atoms with E-state index in [2.05, 4.69) is 10.6 Å². The van der Waals surface area contributed by atoms with E-state index in [9.17, 15) is 14.0 Å². The Hall–Kier alpha value is -1.95. The summed E-state index contributed by atoms with van der Waals surface area (Å²) in [4.78, 5) is 25.7. The second kappa shape index (κ2) is 9.37.